The Balaban J connectivity index is 1.82. The van der Waals surface area contributed by atoms with Crippen molar-refractivity contribution in [2.24, 2.45) is 0 Å². The van der Waals surface area contributed by atoms with Crippen molar-refractivity contribution in [3.05, 3.63) is 48.5 Å². The van der Waals surface area contributed by atoms with Crippen LogP contribution in [0.15, 0.2) is 43.0 Å². The molecule has 3 rings (SSSR count). The molecule has 1 atom stereocenters. The summed E-state index contributed by atoms with van der Waals surface area (Å²) < 4.78 is 8.41. The molecule has 0 aliphatic heterocycles. The van der Waals surface area contributed by atoms with Gasteiger partial charge in [-0.2, -0.15) is 5.10 Å². The third-order valence-corrected chi connectivity index (χ3v) is 4.29. The summed E-state index contributed by atoms with van der Waals surface area (Å²) in [5, 5.41) is 4.25. The topological polar surface area (TPSA) is 39.9 Å². The molecular weight excluding hydrogens is 262 g/mol. The summed E-state index contributed by atoms with van der Waals surface area (Å²) in [5.41, 5.74) is 0.836. The number of hydrogen-bond acceptors (Lipinski definition) is 3. The van der Waals surface area contributed by atoms with E-state index < -0.39 is 0 Å². The monoisotopic (exact) mass is 285 g/mol. The SMILES string of the molecule is CC(Cn1cncn1)(OC1CCCCC1)c1ccccc1. The van der Waals surface area contributed by atoms with Crippen molar-refractivity contribution in [1.29, 1.82) is 0 Å². The first kappa shape index (κ1) is 14.3. The van der Waals surface area contributed by atoms with E-state index in [2.05, 4.69) is 41.3 Å². The van der Waals surface area contributed by atoms with Crippen molar-refractivity contribution < 1.29 is 4.74 Å². The average molecular weight is 285 g/mol. The summed E-state index contributed by atoms with van der Waals surface area (Å²) in [6.45, 7) is 2.85. The minimum absolute atomic E-state index is 0.354. The van der Waals surface area contributed by atoms with Crippen LogP contribution in [0, 0.1) is 0 Å². The predicted octanol–water partition coefficient (Wildman–Crippen LogP) is 3.54. The van der Waals surface area contributed by atoms with Crippen LogP contribution in [-0.4, -0.2) is 20.9 Å². The normalized spacial score (nSPS) is 19.3. The van der Waals surface area contributed by atoms with Gasteiger partial charge in [-0.15, -0.1) is 0 Å². The van der Waals surface area contributed by atoms with Crippen molar-refractivity contribution in [2.75, 3.05) is 0 Å². The molecule has 0 spiro atoms. The van der Waals surface area contributed by atoms with Crippen LogP contribution in [0.5, 0.6) is 0 Å². The third kappa shape index (κ3) is 3.50. The van der Waals surface area contributed by atoms with E-state index >= 15 is 0 Å². The van der Waals surface area contributed by atoms with Crippen LogP contribution in [0.25, 0.3) is 0 Å². The smallest absolute Gasteiger partial charge is 0.137 e. The minimum atomic E-state index is -0.364. The molecule has 1 aliphatic rings. The first-order valence-electron chi connectivity index (χ1n) is 7.82. The highest BCUT2D eigenvalue weighted by Gasteiger charge is 2.32. The predicted molar refractivity (Wildman–Crippen MR) is 81.8 cm³/mol. The molecule has 1 saturated carbocycles. The van der Waals surface area contributed by atoms with Crippen molar-refractivity contribution in [3.63, 3.8) is 0 Å². The molecular formula is C17H23N3O. The molecule has 21 heavy (non-hydrogen) atoms. The van der Waals surface area contributed by atoms with Crippen LogP contribution < -0.4 is 0 Å². The molecule has 4 nitrogen and oxygen atoms in total. The van der Waals surface area contributed by atoms with E-state index in [4.69, 9.17) is 4.74 Å². The van der Waals surface area contributed by atoms with Crippen LogP contribution in [-0.2, 0) is 16.9 Å². The van der Waals surface area contributed by atoms with E-state index in [1.807, 2.05) is 10.7 Å². The Kier molecular flexibility index (Phi) is 4.34. The Morgan fingerprint density at radius 3 is 2.62 bits per heavy atom. The van der Waals surface area contributed by atoms with Gasteiger partial charge in [-0.3, -0.25) is 0 Å². The van der Waals surface area contributed by atoms with E-state index in [0.29, 0.717) is 12.6 Å². The summed E-state index contributed by atoms with van der Waals surface area (Å²) in [6, 6.07) is 10.5. The molecule has 0 saturated heterocycles. The lowest BCUT2D eigenvalue weighted by Crippen LogP contribution is -2.36. The van der Waals surface area contributed by atoms with Crippen LogP contribution in [0.3, 0.4) is 0 Å². The number of nitrogens with zero attached hydrogens (tertiary/aromatic N) is 3. The lowest BCUT2D eigenvalue weighted by atomic mass is 9.92. The Labute approximate surface area is 126 Å². The molecule has 1 heterocycles. The maximum Gasteiger partial charge on any atom is 0.137 e. The molecule has 112 valence electrons. The fourth-order valence-electron chi connectivity index (χ4n) is 3.16. The maximum absolute atomic E-state index is 6.55. The second kappa shape index (κ2) is 6.39. The van der Waals surface area contributed by atoms with Gasteiger partial charge in [0.25, 0.3) is 0 Å². The van der Waals surface area contributed by atoms with Gasteiger partial charge in [-0.25, -0.2) is 9.67 Å². The van der Waals surface area contributed by atoms with Crippen LogP contribution in [0.4, 0.5) is 0 Å². The zero-order valence-corrected chi connectivity index (χ0v) is 12.6. The minimum Gasteiger partial charge on any atom is -0.365 e. The standard InChI is InChI=1S/C17H23N3O/c1-17(12-20-14-18-13-19-20,15-8-4-2-5-9-15)21-16-10-6-3-7-11-16/h2,4-5,8-9,13-14,16H,3,6-7,10-12H2,1H3. The Morgan fingerprint density at radius 1 is 1.19 bits per heavy atom. The fourth-order valence-corrected chi connectivity index (χ4v) is 3.16. The Bertz CT molecular complexity index is 534. The molecule has 0 bridgehead atoms. The zero-order chi connectivity index (χ0) is 14.5. The molecule has 4 heteroatoms. The number of benzene rings is 1. The first-order chi connectivity index (χ1) is 10.3. The quantitative estimate of drug-likeness (QED) is 0.843. The van der Waals surface area contributed by atoms with E-state index in [9.17, 15) is 0 Å². The van der Waals surface area contributed by atoms with Gasteiger partial charge in [-0.1, -0.05) is 49.6 Å². The molecule has 2 aromatic rings. The molecule has 1 unspecified atom stereocenters. The zero-order valence-electron chi connectivity index (χ0n) is 12.6. The van der Waals surface area contributed by atoms with E-state index in [1.54, 1.807) is 12.7 Å². The van der Waals surface area contributed by atoms with Crippen LogP contribution in [0.1, 0.15) is 44.6 Å². The first-order valence-corrected chi connectivity index (χ1v) is 7.82. The van der Waals surface area contributed by atoms with Gasteiger partial charge in [0.2, 0.25) is 0 Å². The molecule has 0 radical (unpaired) electrons. The molecule has 0 N–H and O–H groups in total. The average Bonchev–Trinajstić information content (AvgIpc) is 3.02. The highest BCUT2D eigenvalue weighted by Crippen LogP contribution is 2.33. The molecule has 1 aromatic heterocycles. The van der Waals surface area contributed by atoms with Crippen LogP contribution >= 0.6 is 0 Å². The lowest BCUT2D eigenvalue weighted by Gasteiger charge is -2.36. The van der Waals surface area contributed by atoms with Gasteiger partial charge in [0.05, 0.1) is 12.6 Å². The summed E-state index contributed by atoms with van der Waals surface area (Å²) >= 11 is 0. The molecule has 1 aliphatic carbocycles. The fraction of sp³-hybridized carbons (Fsp3) is 0.529. The second-order valence-corrected chi connectivity index (χ2v) is 6.07. The third-order valence-electron chi connectivity index (χ3n) is 4.29. The highest BCUT2D eigenvalue weighted by molar-refractivity contribution is 5.21. The molecule has 1 fully saturated rings. The van der Waals surface area contributed by atoms with E-state index in [1.165, 1.54) is 37.7 Å². The van der Waals surface area contributed by atoms with Gasteiger partial charge in [-0.05, 0) is 25.3 Å². The summed E-state index contributed by atoms with van der Waals surface area (Å²) in [7, 11) is 0. The summed E-state index contributed by atoms with van der Waals surface area (Å²) in [5.74, 6) is 0. The number of ether oxygens (including phenoxy) is 1. The summed E-state index contributed by atoms with van der Waals surface area (Å²) in [4.78, 5) is 4.04. The molecule has 1 aromatic carbocycles. The van der Waals surface area contributed by atoms with Gasteiger partial charge in [0, 0.05) is 0 Å². The van der Waals surface area contributed by atoms with Gasteiger partial charge >= 0.3 is 0 Å². The van der Waals surface area contributed by atoms with E-state index in [-0.39, 0.29) is 5.60 Å². The Morgan fingerprint density at radius 2 is 1.95 bits per heavy atom. The second-order valence-electron chi connectivity index (χ2n) is 6.07. The van der Waals surface area contributed by atoms with Crippen molar-refractivity contribution >= 4 is 0 Å². The van der Waals surface area contributed by atoms with Gasteiger partial charge in [0.15, 0.2) is 0 Å². The van der Waals surface area contributed by atoms with Gasteiger partial charge < -0.3 is 4.74 Å². The molecule has 0 amide bonds. The van der Waals surface area contributed by atoms with Gasteiger partial charge in [0.1, 0.15) is 18.3 Å². The largest absolute Gasteiger partial charge is 0.365 e. The maximum atomic E-state index is 6.55. The van der Waals surface area contributed by atoms with Crippen LogP contribution in [0.2, 0.25) is 0 Å². The van der Waals surface area contributed by atoms with Crippen molar-refractivity contribution in [3.8, 4) is 0 Å². The number of aromatic nitrogens is 3. The van der Waals surface area contributed by atoms with Crippen molar-refractivity contribution in [1.82, 2.24) is 14.8 Å². The van der Waals surface area contributed by atoms with E-state index in [0.717, 1.165) is 0 Å². The Hall–Kier alpha value is -1.68. The number of rotatable bonds is 5. The highest BCUT2D eigenvalue weighted by atomic mass is 16.5. The lowest BCUT2D eigenvalue weighted by molar-refractivity contribution is -0.111. The number of hydrogen-bond donors (Lipinski definition) is 0. The summed E-state index contributed by atoms with van der Waals surface area (Å²) in [6.07, 6.45) is 9.91. The van der Waals surface area contributed by atoms with Crippen molar-refractivity contribution in [2.45, 2.75) is 57.3 Å².